The summed E-state index contributed by atoms with van der Waals surface area (Å²) in [6.45, 7) is 0.831. The third-order valence-corrected chi connectivity index (χ3v) is 1.40. The number of hydrogen-bond acceptors (Lipinski definition) is 5. The third kappa shape index (κ3) is 7.17. The lowest BCUT2D eigenvalue weighted by atomic mass is 10.4. The van der Waals surface area contributed by atoms with Crippen LogP contribution in [0.3, 0.4) is 0 Å². The molecule has 0 aliphatic heterocycles. The summed E-state index contributed by atoms with van der Waals surface area (Å²) in [5.74, 6) is 1.08. The van der Waals surface area contributed by atoms with Crippen molar-refractivity contribution in [1.29, 1.82) is 0 Å². The minimum Gasteiger partial charge on any atom is -0.503 e. The Morgan fingerprint density at radius 3 is 2.57 bits per heavy atom. The smallest absolute Gasteiger partial charge is 0.210 e. The summed E-state index contributed by atoms with van der Waals surface area (Å²) in [6.07, 6.45) is 3.58. The minimum atomic E-state index is -1.75. The first-order chi connectivity index (χ1) is 6.56. The van der Waals surface area contributed by atoms with Crippen LogP contribution in [0.4, 0.5) is 0 Å². The number of nitrogens with zero attached hydrogens (tertiary/aromatic N) is 2. The van der Waals surface area contributed by atoms with Crippen molar-refractivity contribution in [2.24, 2.45) is 0 Å². The molecule has 78 valence electrons. The Balaban J connectivity index is 0.000000364. The molecule has 0 amide bonds. The first-order valence-corrected chi connectivity index (χ1v) is 4.30. The van der Waals surface area contributed by atoms with Gasteiger partial charge in [-0.1, -0.05) is 0 Å². The molecule has 1 rings (SSSR count). The Kier molecular flexibility index (Phi) is 6.21. The van der Waals surface area contributed by atoms with Crippen molar-refractivity contribution in [1.82, 2.24) is 0 Å². The summed E-state index contributed by atoms with van der Waals surface area (Å²) in [5.41, 5.74) is 0. The minimum absolute atomic E-state index is 0.296. The summed E-state index contributed by atoms with van der Waals surface area (Å²) in [4.78, 5) is 8.25. The van der Waals surface area contributed by atoms with Gasteiger partial charge in [0.1, 0.15) is 0 Å². The zero-order valence-electron chi connectivity index (χ0n) is 7.24. The van der Waals surface area contributed by atoms with Crippen LogP contribution in [0.15, 0.2) is 24.5 Å². The first-order valence-electron chi connectivity index (χ1n) is 3.66. The Morgan fingerprint density at radius 1 is 1.57 bits per heavy atom. The molecule has 0 unspecified atom stereocenters. The molecule has 0 aliphatic rings. The summed E-state index contributed by atoms with van der Waals surface area (Å²) in [6, 6.07) is 3.45. The van der Waals surface area contributed by atoms with Gasteiger partial charge in [0.25, 0.3) is 0 Å². The van der Waals surface area contributed by atoms with Gasteiger partial charge in [-0.2, -0.15) is 12.6 Å². The summed E-state index contributed by atoms with van der Waals surface area (Å²) < 4.78 is 1.89. The molecular weight excluding hydrogens is 208 g/mol. The van der Waals surface area contributed by atoms with E-state index in [0.717, 1.165) is 12.3 Å². The molecule has 0 spiro atoms. The fourth-order valence-corrected chi connectivity index (χ4v) is 0.994. The van der Waals surface area contributed by atoms with Crippen molar-refractivity contribution in [3.63, 3.8) is 0 Å². The van der Waals surface area contributed by atoms with Gasteiger partial charge in [0.2, 0.25) is 6.20 Å². The van der Waals surface area contributed by atoms with Gasteiger partial charge >= 0.3 is 0 Å². The number of thiol groups is 1. The second-order valence-electron chi connectivity index (χ2n) is 2.25. The number of aromatic hydroxyl groups is 1. The van der Waals surface area contributed by atoms with E-state index in [1.807, 2.05) is 10.8 Å². The van der Waals surface area contributed by atoms with Crippen molar-refractivity contribution < 1.29 is 14.8 Å². The zero-order valence-corrected chi connectivity index (χ0v) is 8.13. The SMILES string of the molecule is O=[N+]([O-])[O-].Oc1ccc[n+](CCS)c1. The Hall–Kier alpha value is -1.50. The topological polar surface area (TPSA) is 90.3 Å². The van der Waals surface area contributed by atoms with E-state index >= 15 is 0 Å². The lowest BCUT2D eigenvalue weighted by molar-refractivity contribution is -0.692. The molecule has 6 nitrogen and oxygen atoms in total. The van der Waals surface area contributed by atoms with Crippen LogP contribution in [0.25, 0.3) is 0 Å². The van der Waals surface area contributed by atoms with E-state index in [1.54, 1.807) is 18.3 Å². The van der Waals surface area contributed by atoms with E-state index in [9.17, 15) is 0 Å². The molecule has 0 bridgehead atoms. The maximum absolute atomic E-state index is 8.99. The fraction of sp³-hybridized carbons (Fsp3) is 0.286. The van der Waals surface area contributed by atoms with Gasteiger partial charge in [-0.15, -0.1) is 0 Å². The van der Waals surface area contributed by atoms with E-state index in [0.29, 0.717) is 5.75 Å². The highest BCUT2D eigenvalue weighted by molar-refractivity contribution is 7.80. The predicted molar refractivity (Wildman–Crippen MR) is 52.5 cm³/mol. The van der Waals surface area contributed by atoms with E-state index in [2.05, 4.69) is 12.6 Å². The lowest BCUT2D eigenvalue weighted by Crippen LogP contribution is -2.33. The monoisotopic (exact) mass is 218 g/mol. The molecule has 1 heterocycles. The van der Waals surface area contributed by atoms with Gasteiger partial charge in [0.15, 0.2) is 18.5 Å². The molecule has 0 fully saturated rings. The largest absolute Gasteiger partial charge is 0.503 e. The summed E-state index contributed by atoms with van der Waals surface area (Å²) in [7, 11) is 0. The van der Waals surface area contributed by atoms with Crippen LogP contribution >= 0.6 is 12.6 Å². The number of rotatable bonds is 2. The normalized spacial score (nSPS) is 8.64. The highest BCUT2D eigenvalue weighted by Gasteiger charge is 1.97. The molecule has 1 N–H and O–H groups in total. The molecule has 0 aromatic carbocycles. The van der Waals surface area contributed by atoms with Crippen molar-refractivity contribution >= 4 is 12.6 Å². The van der Waals surface area contributed by atoms with Crippen LogP contribution in [-0.4, -0.2) is 15.9 Å². The molecule has 0 radical (unpaired) electrons. The van der Waals surface area contributed by atoms with Gasteiger partial charge < -0.3 is 20.4 Å². The van der Waals surface area contributed by atoms with Crippen molar-refractivity contribution in [3.05, 3.63) is 39.8 Å². The van der Waals surface area contributed by atoms with Crippen LogP contribution in [0.1, 0.15) is 0 Å². The lowest BCUT2D eigenvalue weighted by Gasteiger charge is -1.91. The summed E-state index contributed by atoms with van der Waals surface area (Å²) >= 11 is 4.06. The van der Waals surface area contributed by atoms with Crippen molar-refractivity contribution in [3.8, 4) is 5.75 Å². The van der Waals surface area contributed by atoms with Crippen LogP contribution in [0, 0.1) is 15.3 Å². The van der Waals surface area contributed by atoms with Crippen LogP contribution in [0.5, 0.6) is 5.75 Å². The number of aromatic nitrogens is 1. The zero-order chi connectivity index (χ0) is 11.0. The standard InChI is InChI=1S/C7H9NOS.NO3/c9-7-2-1-3-8(6-7)4-5-10;2-1(3)4/h1-3,6H,4-5H2,(H-,9,10);/q;-1/p+1. The number of hydrogen-bond donors (Lipinski definition) is 2. The van der Waals surface area contributed by atoms with E-state index in [1.165, 1.54) is 0 Å². The average Bonchev–Trinajstić information content (AvgIpc) is 2.03. The molecular formula is C7H10N2O4S. The van der Waals surface area contributed by atoms with E-state index in [4.69, 9.17) is 20.4 Å². The highest BCUT2D eigenvalue weighted by atomic mass is 32.1. The fourth-order valence-electron chi connectivity index (χ4n) is 0.763. The van der Waals surface area contributed by atoms with Gasteiger partial charge in [0, 0.05) is 11.8 Å². The van der Waals surface area contributed by atoms with Gasteiger partial charge in [0.05, 0.1) is 5.09 Å². The summed E-state index contributed by atoms with van der Waals surface area (Å²) in [5, 5.41) is 23.7. The van der Waals surface area contributed by atoms with E-state index in [-0.39, 0.29) is 0 Å². The van der Waals surface area contributed by atoms with Crippen LogP contribution in [0.2, 0.25) is 0 Å². The molecule has 0 atom stereocenters. The van der Waals surface area contributed by atoms with E-state index < -0.39 is 5.09 Å². The average molecular weight is 218 g/mol. The number of pyridine rings is 1. The van der Waals surface area contributed by atoms with Crippen molar-refractivity contribution in [2.75, 3.05) is 5.75 Å². The van der Waals surface area contributed by atoms with Gasteiger partial charge in [-0.05, 0) is 6.07 Å². The molecule has 0 saturated heterocycles. The molecule has 1 aromatic heterocycles. The maximum Gasteiger partial charge on any atom is 0.210 e. The quantitative estimate of drug-likeness (QED) is 0.325. The highest BCUT2D eigenvalue weighted by Crippen LogP contribution is 1.99. The maximum atomic E-state index is 8.99. The molecule has 7 heteroatoms. The van der Waals surface area contributed by atoms with Crippen molar-refractivity contribution in [2.45, 2.75) is 6.54 Å². The second kappa shape index (κ2) is 6.96. The third-order valence-electron chi connectivity index (χ3n) is 1.20. The molecule has 0 saturated carbocycles. The number of aryl methyl sites for hydroxylation is 1. The van der Waals surface area contributed by atoms with Gasteiger partial charge in [-0.25, -0.2) is 4.57 Å². The first kappa shape index (κ1) is 12.5. The predicted octanol–water partition coefficient (Wildman–Crippen LogP) is 0.370. The Morgan fingerprint density at radius 2 is 2.14 bits per heavy atom. The van der Waals surface area contributed by atoms with Crippen LogP contribution < -0.4 is 4.57 Å². The molecule has 0 aliphatic carbocycles. The Labute approximate surface area is 85.9 Å². The molecule has 14 heavy (non-hydrogen) atoms. The van der Waals surface area contributed by atoms with Crippen LogP contribution in [-0.2, 0) is 6.54 Å². The van der Waals surface area contributed by atoms with Gasteiger partial charge in [-0.3, -0.25) is 0 Å². The Bertz CT molecular complexity index is 291. The molecule has 1 aromatic rings. The second-order valence-corrected chi connectivity index (χ2v) is 2.69.